The van der Waals surface area contributed by atoms with Crippen LogP contribution in [0.5, 0.6) is 0 Å². The lowest BCUT2D eigenvalue weighted by molar-refractivity contribution is 0.0945. The number of nitrogens with one attached hydrogen (secondary N) is 2. The lowest BCUT2D eigenvalue weighted by atomic mass is 9.95. The summed E-state index contributed by atoms with van der Waals surface area (Å²) in [6.07, 6.45) is 0. The zero-order valence-electron chi connectivity index (χ0n) is 11.5. The molecule has 0 bridgehead atoms. The van der Waals surface area contributed by atoms with Crippen LogP contribution in [0.1, 0.15) is 19.4 Å². The molecule has 0 aliphatic carbocycles. The first-order valence-electron chi connectivity index (χ1n) is 6.36. The zero-order valence-corrected chi connectivity index (χ0v) is 11.5. The largest absolute Gasteiger partial charge is 0.394 e. The molecule has 5 heteroatoms. The van der Waals surface area contributed by atoms with Crippen LogP contribution in [0.3, 0.4) is 0 Å². The molecule has 0 unspecified atom stereocenters. The summed E-state index contributed by atoms with van der Waals surface area (Å²) in [7, 11) is 0. The number of carbonyl (C=O) groups is 1. The van der Waals surface area contributed by atoms with Gasteiger partial charge in [0.05, 0.1) is 25.4 Å². The number of carbonyl (C=O) groups excluding carboxylic acids is 1. The molecule has 5 nitrogen and oxygen atoms in total. The number of aliphatic hydroxyl groups excluding tert-OH is 1. The molecular formula is C14H22N2O3. The highest BCUT2D eigenvalue weighted by molar-refractivity contribution is 5.74. The summed E-state index contributed by atoms with van der Waals surface area (Å²) in [5, 5.41) is 14.1. The third kappa shape index (κ3) is 5.72. The van der Waals surface area contributed by atoms with Crippen LogP contribution in [0, 0.1) is 0 Å². The Kier molecular flexibility index (Phi) is 6.32. The average molecular weight is 266 g/mol. The number of hydrogen-bond acceptors (Lipinski definition) is 3. The van der Waals surface area contributed by atoms with Crippen molar-refractivity contribution in [2.75, 3.05) is 26.4 Å². The fraction of sp³-hybridized carbons (Fsp3) is 0.500. The van der Waals surface area contributed by atoms with E-state index in [0.717, 1.165) is 5.56 Å². The molecule has 0 aliphatic heterocycles. The number of amides is 2. The number of benzene rings is 1. The summed E-state index contributed by atoms with van der Waals surface area (Å²) in [6.45, 7) is 4.98. The minimum Gasteiger partial charge on any atom is -0.394 e. The first-order chi connectivity index (χ1) is 9.06. The van der Waals surface area contributed by atoms with Gasteiger partial charge in [0.15, 0.2) is 0 Å². The molecule has 0 spiro atoms. The van der Waals surface area contributed by atoms with Crippen LogP contribution >= 0.6 is 0 Å². The topological polar surface area (TPSA) is 70.6 Å². The van der Waals surface area contributed by atoms with E-state index in [0.29, 0.717) is 19.8 Å². The van der Waals surface area contributed by atoms with E-state index < -0.39 is 5.54 Å². The first-order valence-corrected chi connectivity index (χ1v) is 6.36. The third-order valence-corrected chi connectivity index (χ3v) is 2.69. The highest BCUT2D eigenvalue weighted by Crippen LogP contribution is 2.18. The second-order valence-corrected chi connectivity index (χ2v) is 4.71. The molecule has 0 saturated carbocycles. The molecule has 1 aromatic carbocycles. The summed E-state index contributed by atoms with van der Waals surface area (Å²) in [5.41, 5.74) is 0.610. The number of rotatable bonds is 7. The Hall–Kier alpha value is -1.59. The molecule has 0 atom stereocenters. The molecule has 0 fully saturated rings. The lowest BCUT2D eigenvalue weighted by Crippen LogP contribution is -2.47. The maximum absolute atomic E-state index is 11.7. The molecule has 0 aliphatic rings. The van der Waals surface area contributed by atoms with Crippen LogP contribution in [0.2, 0.25) is 0 Å². The van der Waals surface area contributed by atoms with Crippen LogP contribution in [0.4, 0.5) is 4.79 Å². The van der Waals surface area contributed by atoms with Crippen molar-refractivity contribution in [1.29, 1.82) is 0 Å². The average Bonchev–Trinajstić information content (AvgIpc) is 2.39. The van der Waals surface area contributed by atoms with Crippen LogP contribution in [0.15, 0.2) is 30.3 Å². The van der Waals surface area contributed by atoms with Crippen molar-refractivity contribution < 1.29 is 14.6 Å². The van der Waals surface area contributed by atoms with Gasteiger partial charge in [-0.2, -0.15) is 0 Å². The fourth-order valence-corrected chi connectivity index (χ4v) is 1.66. The molecule has 3 N–H and O–H groups in total. The van der Waals surface area contributed by atoms with Gasteiger partial charge >= 0.3 is 6.03 Å². The number of urea groups is 1. The molecule has 106 valence electrons. The molecule has 0 saturated heterocycles. The maximum Gasteiger partial charge on any atom is 0.315 e. The van der Waals surface area contributed by atoms with Crippen molar-refractivity contribution in [3.63, 3.8) is 0 Å². The van der Waals surface area contributed by atoms with Gasteiger partial charge in [-0.25, -0.2) is 4.79 Å². The third-order valence-electron chi connectivity index (χ3n) is 2.69. The molecule has 1 aromatic rings. The van der Waals surface area contributed by atoms with Crippen LogP contribution in [-0.2, 0) is 10.3 Å². The molecule has 2 amide bonds. The van der Waals surface area contributed by atoms with E-state index in [1.165, 1.54) is 0 Å². The summed E-state index contributed by atoms with van der Waals surface area (Å²) < 4.78 is 5.06. The first kappa shape index (κ1) is 15.5. The predicted octanol–water partition coefficient (Wildman–Crippen LogP) is 1.23. The van der Waals surface area contributed by atoms with E-state index in [1.54, 1.807) is 0 Å². The summed E-state index contributed by atoms with van der Waals surface area (Å²) in [5.74, 6) is 0. The van der Waals surface area contributed by atoms with Crippen LogP contribution in [0.25, 0.3) is 0 Å². The summed E-state index contributed by atoms with van der Waals surface area (Å²) >= 11 is 0. The minimum atomic E-state index is -0.433. The Morgan fingerprint density at radius 2 is 1.95 bits per heavy atom. The van der Waals surface area contributed by atoms with Crippen molar-refractivity contribution in [1.82, 2.24) is 10.6 Å². The molecular weight excluding hydrogens is 244 g/mol. The van der Waals surface area contributed by atoms with Crippen molar-refractivity contribution in [2.45, 2.75) is 19.4 Å². The molecule has 1 rings (SSSR count). The van der Waals surface area contributed by atoms with Crippen molar-refractivity contribution in [3.05, 3.63) is 35.9 Å². The van der Waals surface area contributed by atoms with E-state index in [1.807, 2.05) is 44.2 Å². The van der Waals surface area contributed by atoms with Gasteiger partial charge in [-0.3, -0.25) is 0 Å². The monoisotopic (exact) mass is 266 g/mol. The SMILES string of the molecule is CC(C)(NC(=O)NCCOCCO)c1ccccc1. The van der Waals surface area contributed by atoms with E-state index in [9.17, 15) is 4.79 Å². The highest BCUT2D eigenvalue weighted by atomic mass is 16.5. The number of hydrogen-bond donors (Lipinski definition) is 3. The van der Waals surface area contributed by atoms with Gasteiger partial charge in [0.2, 0.25) is 0 Å². The highest BCUT2D eigenvalue weighted by Gasteiger charge is 2.22. The van der Waals surface area contributed by atoms with Crippen molar-refractivity contribution >= 4 is 6.03 Å². The second kappa shape index (κ2) is 7.76. The van der Waals surface area contributed by atoms with E-state index in [-0.39, 0.29) is 12.6 Å². The Morgan fingerprint density at radius 1 is 1.26 bits per heavy atom. The standard InChI is InChI=1S/C14H22N2O3/c1-14(2,12-6-4-3-5-7-12)16-13(18)15-8-10-19-11-9-17/h3-7,17H,8-11H2,1-2H3,(H2,15,16,18). The predicted molar refractivity (Wildman–Crippen MR) is 73.9 cm³/mol. The van der Waals surface area contributed by atoms with Gasteiger partial charge in [0, 0.05) is 6.54 Å². The lowest BCUT2D eigenvalue weighted by Gasteiger charge is -2.27. The van der Waals surface area contributed by atoms with E-state index in [4.69, 9.17) is 9.84 Å². The van der Waals surface area contributed by atoms with Crippen molar-refractivity contribution in [3.8, 4) is 0 Å². The second-order valence-electron chi connectivity index (χ2n) is 4.71. The van der Waals surface area contributed by atoms with Crippen LogP contribution in [-0.4, -0.2) is 37.5 Å². The maximum atomic E-state index is 11.7. The number of ether oxygens (including phenoxy) is 1. The minimum absolute atomic E-state index is 0.00671. The van der Waals surface area contributed by atoms with Crippen LogP contribution < -0.4 is 10.6 Å². The van der Waals surface area contributed by atoms with Gasteiger partial charge in [-0.15, -0.1) is 0 Å². The Balaban J connectivity index is 2.35. The Morgan fingerprint density at radius 3 is 2.58 bits per heavy atom. The molecule has 0 aromatic heterocycles. The molecule has 0 radical (unpaired) electrons. The smallest absolute Gasteiger partial charge is 0.315 e. The normalized spacial score (nSPS) is 11.1. The van der Waals surface area contributed by atoms with Gasteiger partial charge < -0.3 is 20.5 Å². The van der Waals surface area contributed by atoms with Gasteiger partial charge in [-0.05, 0) is 19.4 Å². The Labute approximate surface area is 114 Å². The van der Waals surface area contributed by atoms with Gasteiger partial charge in [0.25, 0.3) is 0 Å². The summed E-state index contributed by atoms with van der Waals surface area (Å²) in [4.78, 5) is 11.7. The quantitative estimate of drug-likeness (QED) is 0.650. The van der Waals surface area contributed by atoms with Crippen molar-refractivity contribution in [2.24, 2.45) is 0 Å². The number of aliphatic hydroxyl groups is 1. The molecule has 0 heterocycles. The Bertz CT molecular complexity index is 380. The van der Waals surface area contributed by atoms with E-state index >= 15 is 0 Å². The molecule has 19 heavy (non-hydrogen) atoms. The van der Waals surface area contributed by atoms with E-state index in [2.05, 4.69) is 10.6 Å². The van der Waals surface area contributed by atoms with Gasteiger partial charge in [-0.1, -0.05) is 30.3 Å². The summed E-state index contributed by atoms with van der Waals surface area (Å²) in [6, 6.07) is 9.55. The fourth-order valence-electron chi connectivity index (χ4n) is 1.66. The zero-order chi connectivity index (χ0) is 14.1. The van der Waals surface area contributed by atoms with Gasteiger partial charge in [0.1, 0.15) is 0 Å².